The summed E-state index contributed by atoms with van der Waals surface area (Å²) >= 11 is 18.3. The molecule has 1 aliphatic rings. The number of carbonyl (C=O) groups excluding carboxylic acids is 1. The molecule has 1 aliphatic heterocycles. The maximum absolute atomic E-state index is 12.1. The molecule has 3 rings (SSSR count). The number of para-hydroxylation sites is 1. The van der Waals surface area contributed by atoms with Crippen LogP contribution < -0.4 is 10.6 Å². The van der Waals surface area contributed by atoms with Crippen LogP contribution in [0.15, 0.2) is 36.4 Å². The third-order valence-electron chi connectivity index (χ3n) is 4.46. The number of amides is 2. The number of nitrogens with one attached hydrogen (secondary N) is 2. The average molecular weight is 413 g/mol. The minimum absolute atomic E-state index is 0.0597. The van der Waals surface area contributed by atoms with Gasteiger partial charge in [-0.25, -0.2) is 4.79 Å². The van der Waals surface area contributed by atoms with Gasteiger partial charge in [-0.15, -0.1) is 11.6 Å². The van der Waals surface area contributed by atoms with Crippen LogP contribution >= 0.6 is 34.8 Å². The first-order chi connectivity index (χ1) is 12.5. The van der Waals surface area contributed by atoms with Crippen molar-refractivity contribution in [3.05, 3.63) is 63.1 Å². The fourth-order valence-electron chi connectivity index (χ4n) is 3.35. The SMILES string of the molecule is CN1Cc2c(Cl)cc(Cl)cc2C(c2ccccc2NC(=O)NCCCl)C1. The quantitative estimate of drug-likeness (QED) is 0.699. The Morgan fingerprint density at radius 2 is 2.00 bits per heavy atom. The highest BCUT2D eigenvalue weighted by Gasteiger charge is 2.28. The summed E-state index contributed by atoms with van der Waals surface area (Å²) in [5, 5.41) is 6.94. The number of alkyl halides is 1. The maximum Gasteiger partial charge on any atom is 0.319 e. The lowest BCUT2D eigenvalue weighted by molar-refractivity contribution is 0.252. The molecule has 1 heterocycles. The van der Waals surface area contributed by atoms with E-state index >= 15 is 0 Å². The van der Waals surface area contributed by atoms with Crippen LogP contribution in [0.1, 0.15) is 22.6 Å². The van der Waals surface area contributed by atoms with Crippen LogP contribution in [0.25, 0.3) is 0 Å². The fourth-order valence-corrected chi connectivity index (χ4v) is 4.02. The molecule has 0 aliphatic carbocycles. The highest BCUT2D eigenvalue weighted by molar-refractivity contribution is 6.35. The molecule has 4 nitrogen and oxygen atoms in total. The van der Waals surface area contributed by atoms with E-state index in [1.165, 1.54) is 0 Å². The lowest BCUT2D eigenvalue weighted by Gasteiger charge is -2.34. The summed E-state index contributed by atoms with van der Waals surface area (Å²) < 4.78 is 0. The molecule has 0 aromatic heterocycles. The summed E-state index contributed by atoms with van der Waals surface area (Å²) in [6.07, 6.45) is 0. The van der Waals surface area contributed by atoms with Gasteiger partial charge in [-0.3, -0.25) is 0 Å². The van der Waals surface area contributed by atoms with E-state index in [4.69, 9.17) is 34.8 Å². The number of hydrogen-bond donors (Lipinski definition) is 2. The van der Waals surface area contributed by atoms with Crippen LogP contribution in [0.2, 0.25) is 10.0 Å². The predicted molar refractivity (Wildman–Crippen MR) is 109 cm³/mol. The van der Waals surface area contributed by atoms with Crippen LogP contribution in [0.3, 0.4) is 0 Å². The highest BCUT2D eigenvalue weighted by Crippen LogP contribution is 2.40. The molecular weight excluding hydrogens is 393 g/mol. The highest BCUT2D eigenvalue weighted by atomic mass is 35.5. The van der Waals surface area contributed by atoms with Gasteiger partial charge in [0.1, 0.15) is 0 Å². The van der Waals surface area contributed by atoms with Gasteiger partial charge in [-0.05, 0) is 41.9 Å². The van der Waals surface area contributed by atoms with Crippen molar-refractivity contribution in [1.82, 2.24) is 10.2 Å². The summed E-state index contributed by atoms with van der Waals surface area (Å²) in [5.41, 5.74) is 3.98. The largest absolute Gasteiger partial charge is 0.337 e. The lowest BCUT2D eigenvalue weighted by atomic mass is 9.84. The van der Waals surface area contributed by atoms with Gasteiger partial charge in [0, 0.05) is 47.2 Å². The van der Waals surface area contributed by atoms with Crippen molar-refractivity contribution in [2.75, 3.05) is 31.3 Å². The molecule has 2 amide bonds. The summed E-state index contributed by atoms with van der Waals surface area (Å²) in [4.78, 5) is 14.3. The third-order valence-corrected chi connectivity index (χ3v) is 5.20. The van der Waals surface area contributed by atoms with Gasteiger partial charge in [0.2, 0.25) is 0 Å². The molecule has 26 heavy (non-hydrogen) atoms. The molecular formula is C19H20Cl3N3O. The first-order valence-corrected chi connectivity index (χ1v) is 9.64. The third kappa shape index (κ3) is 4.26. The normalized spacial score (nSPS) is 16.8. The first kappa shape index (κ1) is 19.3. The summed E-state index contributed by atoms with van der Waals surface area (Å²) in [7, 11) is 2.06. The van der Waals surface area contributed by atoms with Crippen LogP contribution in [-0.2, 0) is 6.54 Å². The number of carbonyl (C=O) groups is 1. The Balaban J connectivity index is 1.99. The van der Waals surface area contributed by atoms with E-state index in [9.17, 15) is 4.79 Å². The Kier molecular flexibility index (Phi) is 6.30. The number of likely N-dealkylation sites (N-methyl/N-ethyl adjacent to an activating group) is 1. The standard InChI is InChI=1S/C19H20Cl3N3O/c1-25-10-15(14-8-12(21)9-17(22)16(14)11-25)13-4-2-3-5-18(13)24-19(26)23-7-6-20/h2-5,8-9,15H,6-7,10-11H2,1H3,(H2,23,24,26). The number of urea groups is 1. The van der Waals surface area contributed by atoms with Crippen LogP contribution in [0, 0.1) is 0 Å². The molecule has 1 atom stereocenters. The number of benzene rings is 2. The number of rotatable bonds is 4. The molecule has 2 aromatic carbocycles. The minimum atomic E-state index is -0.272. The van der Waals surface area contributed by atoms with E-state index in [1.807, 2.05) is 30.3 Å². The maximum atomic E-state index is 12.1. The van der Waals surface area contributed by atoms with E-state index in [0.29, 0.717) is 22.5 Å². The Labute approximate surface area is 168 Å². The molecule has 0 saturated carbocycles. The van der Waals surface area contributed by atoms with Crippen molar-refractivity contribution in [3.63, 3.8) is 0 Å². The molecule has 2 N–H and O–H groups in total. The van der Waals surface area contributed by atoms with E-state index in [0.717, 1.165) is 35.5 Å². The average Bonchev–Trinajstić information content (AvgIpc) is 2.60. The van der Waals surface area contributed by atoms with Gasteiger partial charge >= 0.3 is 6.03 Å². The van der Waals surface area contributed by atoms with E-state index < -0.39 is 0 Å². The van der Waals surface area contributed by atoms with E-state index in [1.54, 1.807) is 6.07 Å². The molecule has 1 unspecified atom stereocenters. The van der Waals surface area contributed by atoms with Crippen molar-refractivity contribution < 1.29 is 4.79 Å². The predicted octanol–water partition coefficient (Wildman–Crippen LogP) is 4.93. The number of anilines is 1. The molecule has 0 radical (unpaired) electrons. The minimum Gasteiger partial charge on any atom is -0.337 e. The van der Waals surface area contributed by atoms with Gasteiger partial charge < -0.3 is 15.5 Å². The topological polar surface area (TPSA) is 44.4 Å². The van der Waals surface area contributed by atoms with Gasteiger partial charge in [-0.2, -0.15) is 0 Å². The van der Waals surface area contributed by atoms with Gasteiger partial charge in [-0.1, -0.05) is 41.4 Å². The Bertz CT molecular complexity index is 813. The second kappa shape index (κ2) is 8.49. The zero-order valence-electron chi connectivity index (χ0n) is 14.4. The van der Waals surface area contributed by atoms with Crippen LogP contribution in [0.5, 0.6) is 0 Å². The molecule has 0 saturated heterocycles. The smallest absolute Gasteiger partial charge is 0.319 e. The van der Waals surface area contributed by atoms with E-state index in [-0.39, 0.29) is 11.9 Å². The van der Waals surface area contributed by atoms with E-state index in [2.05, 4.69) is 22.6 Å². The van der Waals surface area contributed by atoms with Crippen molar-refractivity contribution >= 4 is 46.5 Å². The first-order valence-electron chi connectivity index (χ1n) is 8.35. The number of fused-ring (bicyclic) bond motifs is 1. The molecule has 0 spiro atoms. The van der Waals surface area contributed by atoms with Crippen molar-refractivity contribution in [2.45, 2.75) is 12.5 Å². The molecule has 7 heteroatoms. The zero-order valence-corrected chi connectivity index (χ0v) is 16.6. The summed E-state index contributed by atoms with van der Waals surface area (Å²) in [6.45, 7) is 2.00. The number of halogens is 3. The second-order valence-electron chi connectivity index (χ2n) is 6.36. The van der Waals surface area contributed by atoms with Gasteiger partial charge in [0.15, 0.2) is 0 Å². The van der Waals surface area contributed by atoms with Crippen LogP contribution in [0.4, 0.5) is 10.5 Å². The van der Waals surface area contributed by atoms with Gasteiger partial charge in [0.25, 0.3) is 0 Å². The zero-order chi connectivity index (χ0) is 18.7. The van der Waals surface area contributed by atoms with Crippen molar-refractivity contribution in [3.8, 4) is 0 Å². The lowest BCUT2D eigenvalue weighted by Crippen LogP contribution is -2.33. The summed E-state index contributed by atoms with van der Waals surface area (Å²) in [5.74, 6) is 0.428. The number of hydrogen-bond acceptors (Lipinski definition) is 2. The van der Waals surface area contributed by atoms with Crippen molar-refractivity contribution in [2.24, 2.45) is 0 Å². The summed E-state index contributed by atoms with van der Waals surface area (Å²) in [6, 6.07) is 11.3. The van der Waals surface area contributed by atoms with Crippen LogP contribution in [-0.4, -0.2) is 36.9 Å². The Hall–Kier alpha value is -1.46. The Morgan fingerprint density at radius 1 is 1.23 bits per heavy atom. The molecule has 0 fully saturated rings. The molecule has 138 valence electrons. The number of nitrogens with zero attached hydrogens (tertiary/aromatic N) is 1. The monoisotopic (exact) mass is 411 g/mol. The van der Waals surface area contributed by atoms with Gasteiger partial charge in [0.05, 0.1) is 0 Å². The fraction of sp³-hybridized carbons (Fsp3) is 0.316. The Morgan fingerprint density at radius 3 is 2.77 bits per heavy atom. The molecule has 0 bridgehead atoms. The molecule has 2 aromatic rings. The van der Waals surface area contributed by atoms with Crippen molar-refractivity contribution in [1.29, 1.82) is 0 Å². The second-order valence-corrected chi connectivity index (χ2v) is 7.58.